The Morgan fingerprint density at radius 3 is 2.38 bits per heavy atom. The van der Waals surface area contributed by atoms with E-state index in [0.29, 0.717) is 24.1 Å². The number of hydrogen-bond acceptors (Lipinski definition) is 5. The molecule has 0 aliphatic heterocycles. The molecule has 2 aliphatic rings. The molecule has 0 spiro atoms. The smallest absolute Gasteiger partial charge is 0.311 e. The minimum absolute atomic E-state index is 0.0614. The second kappa shape index (κ2) is 11.0. The van der Waals surface area contributed by atoms with Crippen molar-refractivity contribution in [2.45, 2.75) is 64.9 Å². The summed E-state index contributed by atoms with van der Waals surface area (Å²) in [5.74, 6) is -1.55. The van der Waals surface area contributed by atoms with Crippen molar-refractivity contribution in [3.63, 3.8) is 0 Å². The van der Waals surface area contributed by atoms with Crippen LogP contribution in [0.1, 0.15) is 73.9 Å². The number of nitrogens with zero attached hydrogens (tertiary/aromatic N) is 1. The summed E-state index contributed by atoms with van der Waals surface area (Å²) in [6, 6.07) is 12.3. The second-order valence-electron chi connectivity index (χ2n) is 11.8. The number of aromatic nitrogens is 1. The van der Waals surface area contributed by atoms with Gasteiger partial charge >= 0.3 is 5.97 Å². The van der Waals surface area contributed by atoms with Crippen molar-refractivity contribution >= 4 is 17.6 Å². The van der Waals surface area contributed by atoms with Crippen LogP contribution in [0.25, 0.3) is 5.69 Å². The van der Waals surface area contributed by atoms with Crippen LogP contribution >= 0.6 is 0 Å². The third kappa shape index (κ3) is 5.58. The van der Waals surface area contributed by atoms with Crippen molar-refractivity contribution in [3.05, 3.63) is 93.3 Å². The number of nitrogen functional groups attached to an aromatic ring is 1. The molecule has 2 aliphatic carbocycles. The van der Waals surface area contributed by atoms with Crippen molar-refractivity contribution in [3.8, 4) is 5.69 Å². The van der Waals surface area contributed by atoms with Crippen LogP contribution in [0.4, 0.5) is 14.6 Å². The highest BCUT2D eigenvalue weighted by Crippen LogP contribution is 2.46. The quantitative estimate of drug-likeness (QED) is 0.261. The van der Waals surface area contributed by atoms with Crippen molar-refractivity contribution in [2.75, 3.05) is 5.73 Å². The Balaban J connectivity index is 1.23. The average Bonchev–Trinajstić information content (AvgIpc) is 3.53. The van der Waals surface area contributed by atoms with E-state index in [1.54, 1.807) is 12.1 Å². The number of halogens is 2. The molecule has 1 aromatic heterocycles. The van der Waals surface area contributed by atoms with Crippen molar-refractivity contribution in [1.29, 1.82) is 0 Å². The number of pyridine rings is 1. The van der Waals surface area contributed by atoms with Crippen molar-refractivity contribution in [1.82, 2.24) is 4.57 Å². The Hall–Kier alpha value is -3.81. The third-order valence-electron chi connectivity index (χ3n) is 8.50. The van der Waals surface area contributed by atoms with Crippen LogP contribution in [-0.4, -0.2) is 22.4 Å². The van der Waals surface area contributed by atoms with Gasteiger partial charge in [-0.05, 0) is 107 Å². The summed E-state index contributed by atoms with van der Waals surface area (Å²) in [7, 11) is 0. The summed E-state index contributed by atoms with van der Waals surface area (Å²) >= 11 is 0. The number of carbonyl (C=O) groups excluding carboxylic acids is 2. The maximum Gasteiger partial charge on any atom is 0.311 e. The van der Waals surface area contributed by atoms with E-state index >= 15 is 0 Å². The van der Waals surface area contributed by atoms with E-state index < -0.39 is 28.4 Å². The van der Waals surface area contributed by atoms with Gasteiger partial charge in [-0.15, -0.1) is 0 Å². The van der Waals surface area contributed by atoms with Gasteiger partial charge in [0.05, 0.1) is 22.2 Å². The molecule has 3 unspecified atom stereocenters. The monoisotopic (exact) mass is 548 g/mol. The van der Waals surface area contributed by atoms with Gasteiger partial charge in [0.1, 0.15) is 23.6 Å². The highest BCUT2D eigenvalue weighted by molar-refractivity contribution is 6.11. The Labute approximate surface area is 232 Å². The van der Waals surface area contributed by atoms with E-state index in [1.807, 2.05) is 26.0 Å². The number of ketones is 1. The first-order chi connectivity index (χ1) is 19.0. The highest BCUT2D eigenvalue weighted by Gasteiger charge is 2.43. The minimum atomic E-state index is -1.01. The number of fused-ring (bicyclic) bond motifs is 2. The molecule has 2 fully saturated rings. The van der Waals surface area contributed by atoms with E-state index in [1.165, 1.54) is 36.0 Å². The van der Waals surface area contributed by atoms with Crippen LogP contribution in [0.5, 0.6) is 0 Å². The standard InChI is InChI=1S/C32H34F2N2O4/c1-32(2,31(39)40-27-17-20-5-8-21(27)16-20)15-3-4-19-6-10-23(11-7-19)36-28(37)14-13-25(30(36)35)29(38)24-12-9-22(33)18-26(24)34/h6-7,9-14,18,20-21,27H,3-5,8,15-17,35H2,1-2H3. The summed E-state index contributed by atoms with van der Waals surface area (Å²) in [6.07, 6.45) is 6.92. The molecule has 2 bridgehead atoms. The lowest BCUT2D eigenvalue weighted by Gasteiger charge is -2.28. The van der Waals surface area contributed by atoms with Crippen LogP contribution < -0.4 is 11.3 Å². The van der Waals surface area contributed by atoms with Gasteiger partial charge in [0.25, 0.3) is 5.56 Å². The Morgan fingerprint density at radius 1 is 1.00 bits per heavy atom. The number of carbonyl (C=O) groups is 2. The van der Waals surface area contributed by atoms with Gasteiger partial charge in [0, 0.05) is 12.1 Å². The maximum absolute atomic E-state index is 14.2. The Bertz CT molecular complexity index is 1500. The predicted molar refractivity (Wildman–Crippen MR) is 148 cm³/mol. The number of rotatable bonds is 9. The SMILES string of the molecule is CC(C)(CCCc1ccc(-n2c(N)c(C(=O)c3ccc(F)cc3F)ccc2=O)cc1)C(=O)OC1CC2CCC1C2. The zero-order valence-electron chi connectivity index (χ0n) is 22.8. The summed E-state index contributed by atoms with van der Waals surface area (Å²) in [5, 5.41) is 0. The molecule has 2 N–H and O–H groups in total. The molecular formula is C32H34F2N2O4. The molecule has 0 saturated heterocycles. The van der Waals surface area contributed by atoms with Crippen LogP contribution in [0, 0.1) is 28.9 Å². The van der Waals surface area contributed by atoms with Crippen LogP contribution in [-0.2, 0) is 16.0 Å². The zero-order valence-corrected chi connectivity index (χ0v) is 22.8. The highest BCUT2D eigenvalue weighted by atomic mass is 19.1. The number of anilines is 1. The van der Waals surface area contributed by atoms with Crippen LogP contribution in [0.15, 0.2) is 59.4 Å². The first kappa shape index (κ1) is 27.7. The lowest BCUT2D eigenvalue weighted by atomic mass is 9.86. The normalized spacial score (nSPS) is 20.1. The molecule has 210 valence electrons. The fourth-order valence-corrected chi connectivity index (χ4v) is 6.11. The first-order valence-electron chi connectivity index (χ1n) is 13.8. The molecule has 40 heavy (non-hydrogen) atoms. The van der Waals surface area contributed by atoms with Gasteiger partial charge < -0.3 is 10.5 Å². The molecule has 2 saturated carbocycles. The van der Waals surface area contributed by atoms with Gasteiger partial charge in [0.2, 0.25) is 0 Å². The first-order valence-corrected chi connectivity index (χ1v) is 13.8. The minimum Gasteiger partial charge on any atom is -0.462 e. The molecular weight excluding hydrogens is 514 g/mol. The van der Waals surface area contributed by atoms with Crippen molar-refractivity contribution < 1.29 is 23.1 Å². The molecule has 6 nitrogen and oxygen atoms in total. The number of nitrogens with two attached hydrogens (primary N) is 1. The fraction of sp³-hybridized carbons (Fsp3) is 0.406. The summed E-state index contributed by atoms with van der Waals surface area (Å²) in [6.45, 7) is 3.87. The molecule has 3 atom stereocenters. The van der Waals surface area contributed by atoms with Crippen LogP contribution in [0.3, 0.4) is 0 Å². The van der Waals surface area contributed by atoms with E-state index in [0.717, 1.165) is 42.9 Å². The van der Waals surface area contributed by atoms with E-state index in [4.69, 9.17) is 10.5 Å². The summed E-state index contributed by atoms with van der Waals surface area (Å²) in [4.78, 5) is 38.5. The van der Waals surface area contributed by atoms with Gasteiger partial charge in [-0.1, -0.05) is 12.1 Å². The maximum atomic E-state index is 14.2. The Morgan fingerprint density at radius 2 is 1.73 bits per heavy atom. The van der Waals surface area contributed by atoms with Gasteiger partial charge in [-0.25, -0.2) is 8.78 Å². The lowest BCUT2D eigenvalue weighted by molar-refractivity contribution is -0.162. The topological polar surface area (TPSA) is 91.4 Å². The van der Waals surface area contributed by atoms with Crippen LogP contribution in [0.2, 0.25) is 0 Å². The largest absolute Gasteiger partial charge is 0.462 e. The lowest BCUT2D eigenvalue weighted by Crippen LogP contribution is -2.33. The third-order valence-corrected chi connectivity index (χ3v) is 8.50. The zero-order chi connectivity index (χ0) is 28.6. The van der Waals surface area contributed by atoms with Gasteiger partial charge in [-0.2, -0.15) is 0 Å². The number of ether oxygens (including phenoxy) is 1. The number of esters is 1. The van der Waals surface area contributed by atoms with E-state index in [9.17, 15) is 23.2 Å². The molecule has 8 heteroatoms. The second-order valence-corrected chi connectivity index (χ2v) is 11.8. The number of aryl methyl sites for hydroxylation is 1. The fourth-order valence-electron chi connectivity index (χ4n) is 6.11. The number of benzene rings is 2. The average molecular weight is 549 g/mol. The molecule has 0 amide bonds. The van der Waals surface area contributed by atoms with Crippen molar-refractivity contribution in [2.24, 2.45) is 17.3 Å². The van der Waals surface area contributed by atoms with Gasteiger partial charge in [-0.3, -0.25) is 19.0 Å². The Kier molecular flexibility index (Phi) is 7.62. The molecule has 1 heterocycles. The van der Waals surface area contributed by atoms with E-state index in [-0.39, 0.29) is 29.0 Å². The predicted octanol–water partition coefficient (Wildman–Crippen LogP) is 6.01. The molecule has 5 rings (SSSR count). The molecule has 2 aromatic carbocycles. The van der Waals surface area contributed by atoms with Gasteiger partial charge in [0.15, 0.2) is 5.78 Å². The molecule has 0 radical (unpaired) electrons. The molecule has 3 aromatic rings. The number of hydrogen-bond donors (Lipinski definition) is 1. The summed E-state index contributed by atoms with van der Waals surface area (Å²) in [5.41, 5.74) is 6.27. The van der Waals surface area contributed by atoms with E-state index in [2.05, 4.69) is 0 Å². The summed E-state index contributed by atoms with van der Waals surface area (Å²) < 4.78 is 34.6.